The van der Waals surface area contributed by atoms with E-state index in [0.29, 0.717) is 12.5 Å². The first-order chi connectivity index (χ1) is 11.9. The second-order valence-electron chi connectivity index (χ2n) is 6.82. The van der Waals surface area contributed by atoms with E-state index >= 15 is 0 Å². The highest BCUT2D eigenvalue weighted by Crippen LogP contribution is 2.49. The van der Waals surface area contributed by atoms with E-state index < -0.39 is 6.04 Å². The Hall–Kier alpha value is -2.14. The zero-order valence-electron chi connectivity index (χ0n) is 14.8. The number of rotatable bonds is 6. The van der Waals surface area contributed by atoms with E-state index in [1.54, 1.807) is 0 Å². The van der Waals surface area contributed by atoms with Crippen LogP contribution in [0.3, 0.4) is 0 Å². The second-order valence-corrected chi connectivity index (χ2v) is 7.23. The maximum absolute atomic E-state index is 12.4. The summed E-state index contributed by atoms with van der Waals surface area (Å²) in [5, 5.41) is 6.88. The first kappa shape index (κ1) is 17.7. The van der Waals surface area contributed by atoms with Crippen LogP contribution >= 0.6 is 11.6 Å². The number of nitrogens with zero attached hydrogens (tertiary/aromatic N) is 2. The highest BCUT2D eigenvalue weighted by molar-refractivity contribution is 6.31. The molecule has 0 unspecified atom stereocenters. The van der Waals surface area contributed by atoms with Crippen molar-refractivity contribution in [2.75, 3.05) is 11.9 Å². The molecule has 0 radical (unpaired) electrons. The van der Waals surface area contributed by atoms with Gasteiger partial charge in [-0.1, -0.05) is 29.8 Å². The van der Waals surface area contributed by atoms with Gasteiger partial charge in [0.05, 0.1) is 0 Å². The van der Waals surface area contributed by atoms with Gasteiger partial charge in [0.15, 0.2) is 0 Å². The predicted molar refractivity (Wildman–Crippen MR) is 100.0 cm³/mol. The van der Waals surface area contributed by atoms with Crippen LogP contribution in [-0.2, 0) is 10.2 Å². The predicted octanol–water partition coefficient (Wildman–Crippen LogP) is 3.40. The topological polar surface area (TPSA) is 66.9 Å². The molecule has 1 fully saturated rings. The molecular formula is C19H23ClN4O. The lowest BCUT2D eigenvalue weighted by Crippen LogP contribution is -2.41. The molecule has 0 aliphatic heterocycles. The molecule has 6 heteroatoms. The third-order valence-electron chi connectivity index (χ3n) is 4.62. The van der Waals surface area contributed by atoms with Crippen molar-refractivity contribution in [2.24, 2.45) is 0 Å². The van der Waals surface area contributed by atoms with Gasteiger partial charge in [-0.3, -0.25) is 4.79 Å². The number of carbonyl (C=O) groups is 1. The first-order valence-electron chi connectivity index (χ1n) is 8.51. The first-order valence-corrected chi connectivity index (χ1v) is 8.89. The molecule has 0 saturated heterocycles. The Morgan fingerprint density at radius 1 is 1.24 bits per heavy atom. The zero-order valence-corrected chi connectivity index (χ0v) is 15.5. The van der Waals surface area contributed by atoms with Crippen LogP contribution in [0.25, 0.3) is 0 Å². The molecule has 132 valence electrons. The minimum atomic E-state index is -0.414. The maximum atomic E-state index is 12.4. The van der Waals surface area contributed by atoms with Crippen LogP contribution < -0.4 is 10.6 Å². The summed E-state index contributed by atoms with van der Waals surface area (Å²) in [7, 11) is 0. The summed E-state index contributed by atoms with van der Waals surface area (Å²) >= 11 is 6.32. The van der Waals surface area contributed by atoms with Gasteiger partial charge in [-0.2, -0.15) is 0 Å². The third kappa shape index (κ3) is 4.10. The highest BCUT2D eigenvalue weighted by atomic mass is 35.5. The summed E-state index contributed by atoms with van der Waals surface area (Å²) in [5.74, 6) is 0.411. The largest absolute Gasteiger partial charge is 0.353 e. The standard InChI is InChI=1S/C19H23ClN4O/c1-12-10-13(2)23-18(22-12)24-14(3)17(25)21-11-19(8-9-19)15-6-4-5-7-16(15)20/h4-7,10,14H,8-9,11H2,1-3H3,(H,21,25)(H,22,23,24)/t14-/m1/s1. The third-order valence-corrected chi connectivity index (χ3v) is 4.95. The summed E-state index contributed by atoms with van der Waals surface area (Å²) in [4.78, 5) is 21.1. The number of nitrogens with one attached hydrogen (secondary N) is 2. The number of carbonyl (C=O) groups excluding carboxylic acids is 1. The van der Waals surface area contributed by atoms with Crippen LogP contribution in [0.1, 0.15) is 36.7 Å². The average molecular weight is 359 g/mol. The van der Waals surface area contributed by atoms with E-state index in [2.05, 4.69) is 20.6 Å². The minimum absolute atomic E-state index is 0.0237. The number of hydrogen-bond donors (Lipinski definition) is 2. The smallest absolute Gasteiger partial charge is 0.242 e. The van der Waals surface area contributed by atoms with Gasteiger partial charge < -0.3 is 10.6 Å². The van der Waals surface area contributed by atoms with Gasteiger partial charge in [0.1, 0.15) is 6.04 Å². The van der Waals surface area contributed by atoms with Gasteiger partial charge in [-0.25, -0.2) is 9.97 Å². The molecule has 5 nitrogen and oxygen atoms in total. The van der Waals surface area contributed by atoms with E-state index in [-0.39, 0.29) is 11.3 Å². The van der Waals surface area contributed by atoms with E-state index in [1.807, 2.05) is 51.1 Å². The molecule has 3 rings (SSSR count). The Bertz CT molecular complexity index is 768. The molecule has 1 amide bonds. The number of aromatic nitrogens is 2. The molecule has 1 aromatic heterocycles. The van der Waals surface area contributed by atoms with Crippen molar-refractivity contribution in [1.82, 2.24) is 15.3 Å². The molecule has 1 atom stereocenters. The van der Waals surface area contributed by atoms with Crippen LogP contribution in [-0.4, -0.2) is 28.5 Å². The Morgan fingerprint density at radius 3 is 2.48 bits per heavy atom. The molecule has 0 bridgehead atoms. The monoisotopic (exact) mass is 358 g/mol. The number of anilines is 1. The van der Waals surface area contributed by atoms with Gasteiger partial charge in [-0.15, -0.1) is 0 Å². The van der Waals surface area contributed by atoms with Gasteiger partial charge >= 0.3 is 0 Å². The van der Waals surface area contributed by atoms with Crippen LogP contribution in [0.4, 0.5) is 5.95 Å². The fourth-order valence-electron chi connectivity index (χ4n) is 3.04. The molecule has 0 spiro atoms. The van der Waals surface area contributed by atoms with E-state index in [1.165, 1.54) is 0 Å². The van der Waals surface area contributed by atoms with Gasteiger partial charge in [-0.05, 0) is 51.3 Å². The quantitative estimate of drug-likeness (QED) is 0.830. The molecule has 2 N–H and O–H groups in total. The maximum Gasteiger partial charge on any atom is 0.242 e. The van der Waals surface area contributed by atoms with Crippen molar-refractivity contribution in [3.05, 3.63) is 52.3 Å². The number of benzene rings is 1. The van der Waals surface area contributed by atoms with Gasteiger partial charge in [0.2, 0.25) is 11.9 Å². The normalized spacial score (nSPS) is 16.2. The molecule has 1 aromatic carbocycles. The summed E-state index contributed by atoms with van der Waals surface area (Å²) in [5.41, 5.74) is 2.84. The minimum Gasteiger partial charge on any atom is -0.353 e. The highest BCUT2D eigenvalue weighted by Gasteiger charge is 2.45. The van der Waals surface area contributed by atoms with E-state index in [4.69, 9.17) is 11.6 Å². The van der Waals surface area contributed by atoms with Crippen molar-refractivity contribution in [2.45, 2.75) is 45.1 Å². The van der Waals surface area contributed by atoms with Crippen LogP contribution in [0, 0.1) is 13.8 Å². The second kappa shape index (κ2) is 7.00. The molecule has 25 heavy (non-hydrogen) atoms. The molecule has 2 aromatic rings. The van der Waals surface area contributed by atoms with Crippen molar-refractivity contribution in [3.8, 4) is 0 Å². The molecule has 1 aliphatic carbocycles. The Balaban J connectivity index is 1.60. The number of hydrogen-bond acceptors (Lipinski definition) is 4. The molecule has 1 saturated carbocycles. The van der Waals surface area contributed by atoms with Gasteiger partial charge in [0.25, 0.3) is 0 Å². The summed E-state index contributed by atoms with van der Waals surface area (Å²) in [6.45, 7) is 6.22. The lowest BCUT2D eigenvalue weighted by molar-refractivity contribution is -0.121. The fraction of sp³-hybridized carbons (Fsp3) is 0.421. The van der Waals surface area contributed by atoms with E-state index in [0.717, 1.165) is 34.8 Å². The molecular weight excluding hydrogens is 336 g/mol. The molecule has 1 aliphatic rings. The lowest BCUT2D eigenvalue weighted by atomic mass is 9.96. The summed E-state index contributed by atoms with van der Waals surface area (Å²) in [6, 6.07) is 9.35. The number of amides is 1. The SMILES string of the molecule is Cc1cc(C)nc(N[C@H](C)C(=O)NCC2(c3ccccc3Cl)CC2)n1. The van der Waals surface area contributed by atoms with Crippen molar-refractivity contribution in [1.29, 1.82) is 0 Å². The van der Waals surface area contributed by atoms with Crippen LogP contribution in [0.5, 0.6) is 0 Å². The van der Waals surface area contributed by atoms with E-state index in [9.17, 15) is 4.79 Å². The summed E-state index contributed by atoms with van der Waals surface area (Å²) < 4.78 is 0. The lowest BCUT2D eigenvalue weighted by Gasteiger charge is -2.20. The zero-order chi connectivity index (χ0) is 18.0. The van der Waals surface area contributed by atoms with Crippen molar-refractivity contribution in [3.63, 3.8) is 0 Å². The van der Waals surface area contributed by atoms with Crippen LogP contribution in [0.15, 0.2) is 30.3 Å². The Labute approximate surface area is 153 Å². The average Bonchev–Trinajstić information content (AvgIpc) is 3.33. The Kier molecular flexibility index (Phi) is 4.95. The molecule has 1 heterocycles. The van der Waals surface area contributed by atoms with Crippen molar-refractivity contribution >= 4 is 23.5 Å². The number of halogens is 1. The fourth-order valence-corrected chi connectivity index (χ4v) is 3.38. The Morgan fingerprint density at radius 2 is 1.88 bits per heavy atom. The van der Waals surface area contributed by atoms with Crippen molar-refractivity contribution < 1.29 is 4.79 Å². The summed E-state index contributed by atoms with van der Waals surface area (Å²) in [6.07, 6.45) is 2.08. The number of aryl methyl sites for hydroxylation is 2. The van der Waals surface area contributed by atoms with Gasteiger partial charge in [0, 0.05) is 28.4 Å². The van der Waals surface area contributed by atoms with Crippen LogP contribution in [0.2, 0.25) is 5.02 Å².